The normalized spacial score (nSPS) is 37.9. The van der Waals surface area contributed by atoms with Crippen LogP contribution in [0.15, 0.2) is 0 Å². The fraction of sp³-hybridized carbons (Fsp3) is 1.00. The van der Waals surface area contributed by atoms with Gasteiger partial charge in [0.05, 0.1) is 6.17 Å². The highest BCUT2D eigenvalue weighted by molar-refractivity contribution is 4.79. The fourth-order valence-corrected chi connectivity index (χ4v) is 3.05. The van der Waals surface area contributed by atoms with E-state index in [2.05, 4.69) is 38.0 Å². The van der Waals surface area contributed by atoms with E-state index in [1.165, 1.54) is 32.4 Å². The summed E-state index contributed by atoms with van der Waals surface area (Å²) >= 11 is 0. The van der Waals surface area contributed by atoms with E-state index in [4.69, 9.17) is 5.73 Å². The second kappa shape index (κ2) is 7.34. The van der Waals surface area contributed by atoms with Gasteiger partial charge in [-0.2, -0.15) is 0 Å². The maximum atomic E-state index is 6.21. The molecule has 0 bridgehead atoms. The Morgan fingerprint density at radius 1 is 1.24 bits per heavy atom. The largest absolute Gasteiger partial charge is 0.316 e. The molecular weight excluding hydrogens is 210 g/mol. The number of rotatable bonds is 2. The van der Waals surface area contributed by atoms with Gasteiger partial charge in [-0.05, 0) is 45.2 Å². The highest BCUT2D eigenvalue weighted by atomic mass is 15.1. The minimum atomic E-state index is 0.174. The number of nitrogens with zero attached hydrogens (tertiary/aromatic N) is 1. The third kappa shape index (κ3) is 4.94. The number of hydrogen-bond acceptors (Lipinski definition) is 3. The predicted molar refractivity (Wildman–Crippen MR) is 74.9 cm³/mol. The predicted octanol–water partition coefficient (Wildman–Crippen LogP) is 2.03. The summed E-state index contributed by atoms with van der Waals surface area (Å²) in [6, 6.07) is 0.531. The highest BCUT2D eigenvalue weighted by Crippen LogP contribution is 2.25. The van der Waals surface area contributed by atoms with Crippen molar-refractivity contribution in [2.75, 3.05) is 20.1 Å². The average Bonchev–Trinajstić information content (AvgIpc) is 2.30. The van der Waals surface area contributed by atoms with Gasteiger partial charge in [0.15, 0.2) is 0 Å². The lowest BCUT2D eigenvalue weighted by Crippen LogP contribution is -2.47. The first kappa shape index (κ1) is 14.9. The molecule has 17 heavy (non-hydrogen) atoms. The van der Waals surface area contributed by atoms with Gasteiger partial charge < -0.3 is 10.6 Å². The van der Waals surface area contributed by atoms with Gasteiger partial charge >= 0.3 is 0 Å². The van der Waals surface area contributed by atoms with Gasteiger partial charge in [0.2, 0.25) is 0 Å². The van der Waals surface area contributed by atoms with Crippen LogP contribution in [0.1, 0.15) is 46.5 Å². The van der Waals surface area contributed by atoms with Gasteiger partial charge in [0.25, 0.3) is 0 Å². The Kier molecular flexibility index (Phi) is 6.45. The summed E-state index contributed by atoms with van der Waals surface area (Å²) in [5.41, 5.74) is 6.21. The van der Waals surface area contributed by atoms with Crippen LogP contribution in [-0.4, -0.2) is 37.2 Å². The Morgan fingerprint density at radius 3 is 2.47 bits per heavy atom. The van der Waals surface area contributed by atoms with E-state index in [9.17, 15) is 0 Å². The van der Waals surface area contributed by atoms with Crippen molar-refractivity contribution in [3.63, 3.8) is 0 Å². The second-order valence-corrected chi connectivity index (χ2v) is 5.80. The zero-order valence-corrected chi connectivity index (χ0v) is 12.1. The molecular formula is C14H31N3. The summed E-state index contributed by atoms with van der Waals surface area (Å²) in [6.07, 6.45) is 5.00. The monoisotopic (exact) mass is 241 g/mol. The van der Waals surface area contributed by atoms with Crippen LogP contribution in [0.25, 0.3) is 0 Å². The van der Waals surface area contributed by atoms with E-state index in [0.29, 0.717) is 6.04 Å². The quantitative estimate of drug-likeness (QED) is 0.777. The van der Waals surface area contributed by atoms with Crippen LogP contribution in [0, 0.1) is 11.8 Å². The smallest absolute Gasteiger partial charge is 0.0551 e. The van der Waals surface area contributed by atoms with Crippen molar-refractivity contribution >= 4 is 0 Å². The molecule has 0 aromatic carbocycles. The molecule has 3 N–H and O–H groups in total. The van der Waals surface area contributed by atoms with Crippen molar-refractivity contribution in [1.29, 1.82) is 0 Å². The molecule has 0 amide bonds. The standard InChI is InChI=1S/C14H31N3/c1-5-12-9-14(15)16-11(3)7-8-17(4)10-13(12)6-2/h11-14,16H,5-10,15H2,1-4H3. The maximum absolute atomic E-state index is 6.21. The molecule has 0 spiro atoms. The lowest BCUT2D eigenvalue weighted by atomic mass is 9.83. The van der Waals surface area contributed by atoms with Gasteiger partial charge in [0.1, 0.15) is 0 Å². The first-order valence-corrected chi connectivity index (χ1v) is 7.26. The van der Waals surface area contributed by atoms with Gasteiger partial charge in [-0.3, -0.25) is 5.32 Å². The topological polar surface area (TPSA) is 41.3 Å². The van der Waals surface area contributed by atoms with E-state index < -0.39 is 0 Å². The van der Waals surface area contributed by atoms with Crippen LogP contribution < -0.4 is 11.1 Å². The first-order valence-electron chi connectivity index (χ1n) is 7.26. The Morgan fingerprint density at radius 2 is 1.88 bits per heavy atom. The van der Waals surface area contributed by atoms with E-state index in [0.717, 1.165) is 18.3 Å². The van der Waals surface area contributed by atoms with E-state index >= 15 is 0 Å². The minimum absolute atomic E-state index is 0.174. The molecule has 0 aromatic heterocycles. The molecule has 0 aliphatic carbocycles. The van der Waals surface area contributed by atoms with Gasteiger partial charge in [-0.1, -0.05) is 26.7 Å². The summed E-state index contributed by atoms with van der Waals surface area (Å²) in [5.74, 6) is 1.56. The van der Waals surface area contributed by atoms with Crippen molar-refractivity contribution in [2.45, 2.75) is 58.7 Å². The van der Waals surface area contributed by atoms with Crippen LogP contribution in [0.3, 0.4) is 0 Å². The van der Waals surface area contributed by atoms with Crippen molar-refractivity contribution < 1.29 is 0 Å². The average molecular weight is 241 g/mol. The third-order valence-corrected chi connectivity index (χ3v) is 4.26. The van der Waals surface area contributed by atoms with Gasteiger partial charge in [0, 0.05) is 12.6 Å². The van der Waals surface area contributed by atoms with Crippen LogP contribution in [0.5, 0.6) is 0 Å². The van der Waals surface area contributed by atoms with E-state index in [1.807, 2.05) is 0 Å². The molecule has 0 saturated carbocycles. The molecule has 1 fully saturated rings. The van der Waals surface area contributed by atoms with Crippen molar-refractivity contribution in [2.24, 2.45) is 17.6 Å². The fourth-order valence-electron chi connectivity index (χ4n) is 3.05. The summed E-state index contributed by atoms with van der Waals surface area (Å²) in [4.78, 5) is 2.49. The number of hydrogen-bond donors (Lipinski definition) is 2. The number of nitrogens with two attached hydrogens (primary N) is 1. The SMILES string of the molecule is CCC1CC(N)NC(C)CCN(C)CC1CC. The van der Waals surface area contributed by atoms with Crippen LogP contribution in [0.4, 0.5) is 0 Å². The second-order valence-electron chi connectivity index (χ2n) is 5.80. The van der Waals surface area contributed by atoms with Gasteiger partial charge in [-0.15, -0.1) is 0 Å². The zero-order valence-electron chi connectivity index (χ0n) is 12.1. The molecule has 1 aliphatic rings. The molecule has 1 rings (SSSR count). The van der Waals surface area contributed by atoms with Crippen molar-refractivity contribution in [3.05, 3.63) is 0 Å². The van der Waals surface area contributed by atoms with E-state index in [1.54, 1.807) is 0 Å². The molecule has 0 aromatic rings. The summed E-state index contributed by atoms with van der Waals surface area (Å²) in [6.45, 7) is 9.26. The molecule has 0 radical (unpaired) electrons. The Balaban J connectivity index is 2.67. The molecule has 1 aliphatic heterocycles. The summed E-state index contributed by atoms with van der Waals surface area (Å²) < 4.78 is 0. The minimum Gasteiger partial charge on any atom is -0.316 e. The third-order valence-electron chi connectivity index (χ3n) is 4.26. The Hall–Kier alpha value is -0.120. The molecule has 3 heteroatoms. The van der Waals surface area contributed by atoms with Crippen LogP contribution >= 0.6 is 0 Å². The Labute approximate surface area is 107 Å². The van der Waals surface area contributed by atoms with Crippen LogP contribution in [0.2, 0.25) is 0 Å². The summed E-state index contributed by atoms with van der Waals surface area (Å²) in [7, 11) is 2.25. The van der Waals surface area contributed by atoms with Crippen LogP contribution in [-0.2, 0) is 0 Å². The molecule has 1 heterocycles. The van der Waals surface area contributed by atoms with E-state index in [-0.39, 0.29) is 6.17 Å². The lowest BCUT2D eigenvalue weighted by molar-refractivity contribution is 0.169. The maximum Gasteiger partial charge on any atom is 0.0551 e. The zero-order chi connectivity index (χ0) is 12.8. The molecule has 4 atom stereocenters. The van der Waals surface area contributed by atoms with Gasteiger partial charge in [-0.25, -0.2) is 0 Å². The lowest BCUT2D eigenvalue weighted by Gasteiger charge is -2.34. The first-order chi connectivity index (χ1) is 8.06. The molecule has 102 valence electrons. The molecule has 3 nitrogen and oxygen atoms in total. The van der Waals surface area contributed by atoms with Crippen molar-refractivity contribution in [1.82, 2.24) is 10.2 Å². The highest BCUT2D eigenvalue weighted by Gasteiger charge is 2.24. The molecule has 1 saturated heterocycles. The number of nitrogens with one attached hydrogen (secondary N) is 1. The molecule has 4 unspecified atom stereocenters. The Bertz CT molecular complexity index is 208. The van der Waals surface area contributed by atoms with Crippen molar-refractivity contribution in [3.8, 4) is 0 Å². The summed E-state index contributed by atoms with van der Waals surface area (Å²) in [5, 5.41) is 3.53.